The molecule has 5 nitrogen and oxygen atoms in total. The van der Waals surface area contributed by atoms with Crippen LogP contribution in [0, 0.1) is 0 Å². The Kier molecular flexibility index (Phi) is 5.26. The summed E-state index contributed by atoms with van der Waals surface area (Å²) in [6.07, 6.45) is 2.03. The minimum Gasteiger partial charge on any atom is -0.503 e. The van der Waals surface area contributed by atoms with Crippen LogP contribution >= 0.6 is 0 Å². The molecule has 0 fully saturated rings. The van der Waals surface area contributed by atoms with Crippen molar-refractivity contribution < 1.29 is 14.6 Å². The van der Waals surface area contributed by atoms with Crippen LogP contribution in [0.25, 0.3) is 0 Å². The highest BCUT2D eigenvalue weighted by atomic mass is 16.5. The highest BCUT2D eigenvalue weighted by Gasteiger charge is 2.09. The molecular weight excluding hydrogens is 220 g/mol. The zero-order valence-electron chi connectivity index (χ0n) is 10.2. The summed E-state index contributed by atoms with van der Waals surface area (Å²) in [5.74, 6) is 0.311. The topological polar surface area (TPSA) is 62.7 Å². The first kappa shape index (κ1) is 13.3. The van der Waals surface area contributed by atoms with Crippen molar-refractivity contribution in [1.29, 1.82) is 0 Å². The molecule has 0 atom stereocenters. The molecule has 1 N–H and O–H groups in total. The molecule has 1 aromatic rings. The van der Waals surface area contributed by atoms with Gasteiger partial charge in [0.25, 0.3) is 5.88 Å². The van der Waals surface area contributed by atoms with Crippen LogP contribution in [0.5, 0.6) is 11.6 Å². The summed E-state index contributed by atoms with van der Waals surface area (Å²) in [7, 11) is 0. The fourth-order valence-corrected chi connectivity index (χ4v) is 1.43. The molecule has 0 radical (unpaired) electrons. The Morgan fingerprint density at radius 2 is 2.29 bits per heavy atom. The van der Waals surface area contributed by atoms with Crippen molar-refractivity contribution in [3.05, 3.63) is 18.3 Å². The summed E-state index contributed by atoms with van der Waals surface area (Å²) in [6, 6.07) is 3.14. The van der Waals surface area contributed by atoms with Crippen LogP contribution in [0.4, 0.5) is 0 Å². The zero-order valence-corrected chi connectivity index (χ0v) is 10.2. The standard InChI is InChI=1S/C12H18N2O3/c1-3-11(16)14(4-2)8-9-17-12-10(15)6-5-7-13-12/h5-7,15H,3-4,8-9H2,1-2H3. The molecule has 0 aliphatic rings. The number of hydrogen-bond donors (Lipinski definition) is 1. The van der Waals surface area contributed by atoms with E-state index in [1.54, 1.807) is 17.2 Å². The van der Waals surface area contributed by atoms with Crippen LogP contribution in [-0.4, -0.2) is 40.6 Å². The molecule has 0 aromatic carbocycles. The largest absolute Gasteiger partial charge is 0.503 e. The van der Waals surface area contributed by atoms with Crippen molar-refractivity contribution in [3.63, 3.8) is 0 Å². The van der Waals surface area contributed by atoms with Gasteiger partial charge in [-0.05, 0) is 19.1 Å². The number of rotatable bonds is 6. The van der Waals surface area contributed by atoms with Gasteiger partial charge < -0.3 is 14.7 Å². The fraction of sp³-hybridized carbons (Fsp3) is 0.500. The van der Waals surface area contributed by atoms with E-state index in [1.165, 1.54) is 6.07 Å². The molecule has 0 aliphatic heterocycles. The lowest BCUT2D eigenvalue weighted by molar-refractivity contribution is -0.131. The average molecular weight is 238 g/mol. The molecule has 1 aromatic heterocycles. The number of ether oxygens (including phenoxy) is 1. The number of hydrogen-bond acceptors (Lipinski definition) is 4. The van der Waals surface area contributed by atoms with E-state index in [9.17, 15) is 9.90 Å². The van der Waals surface area contributed by atoms with Crippen molar-refractivity contribution in [3.8, 4) is 11.6 Å². The number of likely N-dealkylation sites (N-methyl/N-ethyl adjacent to an activating group) is 1. The number of aromatic hydroxyl groups is 1. The van der Waals surface area contributed by atoms with Gasteiger partial charge in [-0.1, -0.05) is 6.92 Å². The van der Waals surface area contributed by atoms with Crippen LogP contribution in [0.2, 0.25) is 0 Å². The Bertz CT molecular complexity index is 369. The lowest BCUT2D eigenvalue weighted by atomic mass is 10.4. The molecule has 0 saturated carbocycles. The molecule has 17 heavy (non-hydrogen) atoms. The van der Waals surface area contributed by atoms with Gasteiger partial charge in [-0.3, -0.25) is 4.79 Å². The third kappa shape index (κ3) is 3.94. The SMILES string of the molecule is CCC(=O)N(CC)CCOc1ncccc1O. The van der Waals surface area contributed by atoms with Gasteiger partial charge in [0.05, 0.1) is 6.54 Å². The quantitative estimate of drug-likeness (QED) is 0.814. The van der Waals surface area contributed by atoms with Gasteiger partial charge in [0, 0.05) is 19.2 Å². The van der Waals surface area contributed by atoms with Gasteiger partial charge in [-0.15, -0.1) is 0 Å². The predicted octanol–water partition coefficient (Wildman–Crippen LogP) is 1.42. The molecule has 0 bridgehead atoms. The van der Waals surface area contributed by atoms with Gasteiger partial charge in [-0.2, -0.15) is 0 Å². The summed E-state index contributed by atoms with van der Waals surface area (Å²) in [4.78, 5) is 17.1. The molecular formula is C12H18N2O3. The molecule has 1 amide bonds. The van der Waals surface area contributed by atoms with E-state index in [1.807, 2.05) is 13.8 Å². The fourth-order valence-electron chi connectivity index (χ4n) is 1.43. The second-order valence-electron chi connectivity index (χ2n) is 3.50. The molecule has 94 valence electrons. The van der Waals surface area contributed by atoms with Crippen LogP contribution in [0.1, 0.15) is 20.3 Å². The van der Waals surface area contributed by atoms with Crippen LogP contribution < -0.4 is 4.74 Å². The Morgan fingerprint density at radius 1 is 1.53 bits per heavy atom. The van der Waals surface area contributed by atoms with Gasteiger partial charge in [-0.25, -0.2) is 4.98 Å². The zero-order chi connectivity index (χ0) is 12.7. The molecule has 0 unspecified atom stereocenters. The summed E-state index contributed by atoms with van der Waals surface area (Å²) in [6.45, 7) is 5.23. The number of amides is 1. The van der Waals surface area contributed by atoms with Gasteiger partial charge >= 0.3 is 0 Å². The van der Waals surface area contributed by atoms with E-state index in [4.69, 9.17) is 4.74 Å². The van der Waals surface area contributed by atoms with Crippen molar-refractivity contribution in [2.45, 2.75) is 20.3 Å². The first-order valence-electron chi connectivity index (χ1n) is 5.73. The van der Waals surface area contributed by atoms with E-state index in [-0.39, 0.29) is 17.5 Å². The minimum atomic E-state index is 0.0115. The van der Waals surface area contributed by atoms with Crippen LogP contribution in [0.15, 0.2) is 18.3 Å². The second-order valence-corrected chi connectivity index (χ2v) is 3.50. The molecule has 0 spiro atoms. The van der Waals surface area contributed by atoms with Gasteiger partial charge in [0.15, 0.2) is 5.75 Å². The third-order valence-corrected chi connectivity index (χ3v) is 2.39. The monoisotopic (exact) mass is 238 g/mol. The summed E-state index contributed by atoms with van der Waals surface area (Å²) < 4.78 is 5.31. The van der Waals surface area contributed by atoms with E-state index >= 15 is 0 Å². The molecule has 0 saturated heterocycles. The minimum absolute atomic E-state index is 0.0115. The molecule has 0 aliphatic carbocycles. The van der Waals surface area contributed by atoms with Crippen molar-refractivity contribution in [2.75, 3.05) is 19.7 Å². The van der Waals surface area contributed by atoms with Gasteiger partial charge in [0.1, 0.15) is 6.61 Å². The summed E-state index contributed by atoms with van der Waals surface area (Å²) in [5, 5.41) is 9.42. The van der Waals surface area contributed by atoms with E-state index < -0.39 is 0 Å². The second kappa shape index (κ2) is 6.73. The number of carbonyl (C=O) groups is 1. The smallest absolute Gasteiger partial charge is 0.256 e. The van der Waals surface area contributed by atoms with E-state index in [0.29, 0.717) is 26.1 Å². The summed E-state index contributed by atoms with van der Waals surface area (Å²) >= 11 is 0. The predicted molar refractivity (Wildman–Crippen MR) is 63.9 cm³/mol. The maximum Gasteiger partial charge on any atom is 0.256 e. The lowest BCUT2D eigenvalue weighted by Gasteiger charge is -2.20. The first-order valence-corrected chi connectivity index (χ1v) is 5.73. The third-order valence-electron chi connectivity index (χ3n) is 2.39. The van der Waals surface area contributed by atoms with E-state index in [0.717, 1.165) is 0 Å². The van der Waals surface area contributed by atoms with Crippen molar-refractivity contribution >= 4 is 5.91 Å². The Labute approximate surface area is 101 Å². The molecule has 1 rings (SSSR count). The summed E-state index contributed by atoms with van der Waals surface area (Å²) in [5.41, 5.74) is 0. The maximum absolute atomic E-state index is 11.5. The maximum atomic E-state index is 11.5. The van der Waals surface area contributed by atoms with E-state index in [2.05, 4.69) is 4.98 Å². The molecule has 1 heterocycles. The number of aromatic nitrogens is 1. The normalized spacial score (nSPS) is 10.0. The van der Waals surface area contributed by atoms with Gasteiger partial charge in [0.2, 0.25) is 5.91 Å². The Hall–Kier alpha value is -1.78. The van der Waals surface area contributed by atoms with Crippen molar-refractivity contribution in [1.82, 2.24) is 9.88 Å². The average Bonchev–Trinajstić information content (AvgIpc) is 2.36. The van der Waals surface area contributed by atoms with Crippen molar-refractivity contribution in [2.24, 2.45) is 0 Å². The highest BCUT2D eigenvalue weighted by molar-refractivity contribution is 5.75. The first-order chi connectivity index (χ1) is 8.19. The number of pyridine rings is 1. The lowest BCUT2D eigenvalue weighted by Crippen LogP contribution is -2.33. The number of nitrogens with zero attached hydrogens (tertiary/aromatic N) is 2. The molecule has 5 heteroatoms. The van der Waals surface area contributed by atoms with Crippen LogP contribution in [-0.2, 0) is 4.79 Å². The van der Waals surface area contributed by atoms with Crippen LogP contribution in [0.3, 0.4) is 0 Å². The Balaban J connectivity index is 2.42. The number of carbonyl (C=O) groups excluding carboxylic acids is 1. The Morgan fingerprint density at radius 3 is 2.88 bits per heavy atom. The highest BCUT2D eigenvalue weighted by Crippen LogP contribution is 2.20.